The van der Waals surface area contributed by atoms with Crippen LogP contribution < -0.4 is 0 Å². The monoisotopic (exact) mass is 321 g/mol. The SMILES string of the molecule is CN(C(=O)CSCc1ccc(Cl)s1)C(C)(C)C(=O)O. The first-order valence-electron chi connectivity index (χ1n) is 5.57. The molecule has 0 aliphatic carbocycles. The fourth-order valence-electron chi connectivity index (χ4n) is 1.22. The van der Waals surface area contributed by atoms with E-state index in [1.54, 1.807) is 0 Å². The smallest absolute Gasteiger partial charge is 0.329 e. The van der Waals surface area contributed by atoms with Crippen LogP contribution in [0.15, 0.2) is 12.1 Å². The van der Waals surface area contributed by atoms with Crippen LogP contribution in [0.5, 0.6) is 0 Å². The Hall–Kier alpha value is -0.720. The number of carboxylic acid groups (broad SMARTS) is 1. The number of thioether (sulfide) groups is 1. The van der Waals surface area contributed by atoms with Gasteiger partial charge in [0.05, 0.1) is 10.1 Å². The maximum absolute atomic E-state index is 11.9. The van der Waals surface area contributed by atoms with Crippen LogP contribution in [0.1, 0.15) is 18.7 Å². The third kappa shape index (κ3) is 4.40. The first-order chi connectivity index (χ1) is 8.75. The highest BCUT2D eigenvalue weighted by Crippen LogP contribution is 2.25. The molecule has 0 fully saturated rings. The molecule has 106 valence electrons. The minimum atomic E-state index is -1.19. The molecule has 4 nitrogen and oxygen atoms in total. The van der Waals surface area contributed by atoms with Crippen LogP contribution in [-0.2, 0) is 15.3 Å². The van der Waals surface area contributed by atoms with Gasteiger partial charge >= 0.3 is 5.97 Å². The van der Waals surface area contributed by atoms with E-state index in [1.165, 1.54) is 48.9 Å². The third-order valence-corrected chi connectivity index (χ3v) is 5.21. The number of likely N-dealkylation sites (N-methyl/N-ethyl adjacent to an activating group) is 1. The molecule has 1 amide bonds. The minimum Gasteiger partial charge on any atom is -0.480 e. The van der Waals surface area contributed by atoms with E-state index in [0.717, 1.165) is 9.21 Å². The van der Waals surface area contributed by atoms with Crippen LogP contribution in [0.25, 0.3) is 0 Å². The van der Waals surface area contributed by atoms with Gasteiger partial charge in [-0.3, -0.25) is 4.79 Å². The summed E-state index contributed by atoms with van der Waals surface area (Å²) in [5.74, 6) is -0.258. The molecule has 0 bridgehead atoms. The van der Waals surface area contributed by atoms with Crippen molar-refractivity contribution in [3.8, 4) is 0 Å². The van der Waals surface area contributed by atoms with E-state index in [0.29, 0.717) is 5.75 Å². The zero-order valence-corrected chi connectivity index (χ0v) is 13.4. The first-order valence-corrected chi connectivity index (χ1v) is 7.92. The van der Waals surface area contributed by atoms with Gasteiger partial charge in [-0.1, -0.05) is 11.6 Å². The largest absolute Gasteiger partial charge is 0.480 e. The number of nitrogens with zero attached hydrogens (tertiary/aromatic N) is 1. The molecule has 7 heteroatoms. The number of carbonyl (C=O) groups is 2. The van der Waals surface area contributed by atoms with E-state index < -0.39 is 11.5 Å². The Bertz CT molecular complexity index is 473. The quantitative estimate of drug-likeness (QED) is 0.875. The van der Waals surface area contributed by atoms with Gasteiger partial charge in [-0.05, 0) is 26.0 Å². The number of hydrogen-bond donors (Lipinski definition) is 1. The highest BCUT2D eigenvalue weighted by atomic mass is 35.5. The second-order valence-electron chi connectivity index (χ2n) is 4.52. The van der Waals surface area contributed by atoms with Gasteiger partial charge in [-0.15, -0.1) is 23.1 Å². The Morgan fingerprint density at radius 2 is 2.11 bits per heavy atom. The molecule has 0 unspecified atom stereocenters. The molecule has 1 rings (SSSR count). The van der Waals surface area contributed by atoms with Crippen LogP contribution in [0.4, 0.5) is 0 Å². The molecule has 0 aliphatic heterocycles. The number of rotatable bonds is 6. The van der Waals surface area contributed by atoms with Crippen molar-refractivity contribution in [2.75, 3.05) is 12.8 Å². The van der Waals surface area contributed by atoms with Crippen molar-refractivity contribution in [2.45, 2.75) is 25.1 Å². The maximum atomic E-state index is 11.9. The van der Waals surface area contributed by atoms with E-state index in [2.05, 4.69) is 0 Å². The number of hydrogen-bond acceptors (Lipinski definition) is 4. The molecule has 0 radical (unpaired) electrons. The van der Waals surface area contributed by atoms with Crippen LogP contribution in [-0.4, -0.2) is 40.2 Å². The van der Waals surface area contributed by atoms with E-state index in [1.807, 2.05) is 12.1 Å². The van der Waals surface area contributed by atoms with E-state index in [4.69, 9.17) is 16.7 Å². The van der Waals surface area contributed by atoms with Crippen molar-refractivity contribution in [2.24, 2.45) is 0 Å². The molecule has 1 N–H and O–H groups in total. The average molecular weight is 322 g/mol. The Kier molecular flexibility index (Phi) is 5.70. The number of thiophene rings is 1. The second kappa shape index (κ2) is 6.63. The van der Waals surface area contributed by atoms with Crippen molar-refractivity contribution in [1.29, 1.82) is 0 Å². The number of carboxylic acids is 1. The Morgan fingerprint density at radius 3 is 2.58 bits per heavy atom. The van der Waals surface area contributed by atoms with Crippen LogP contribution in [0.2, 0.25) is 4.34 Å². The molecule has 0 saturated heterocycles. The molecule has 0 atom stereocenters. The van der Waals surface area contributed by atoms with Crippen molar-refractivity contribution < 1.29 is 14.7 Å². The molecule has 1 aromatic heterocycles. The standard InChI is InChI=1S/C12H16ClNO3S2/c1-12(2,11(16)17)14(3)10(15)7-18-6-8-4-5-9(13)19-8/h4-5H,6-7H2,1-3H3,(H,16,17). The molecule has 19 heavy (non-hydrogen) atoms. The van der Waals surface area contributed by atoms with Crippen molar-refractivity contribution >= 4 is 46.6 Å². The predicted octanol–water partition coefficient (Wildman–Crippen LogP) is 2.96. The van der Waals surface area contributed by atoms with Crippen molar-refractivity contribution in [3.05, 3.63) is 21.3 Å². The summed E-state index contributed by atoms with van der Waals surface area (Å²) >= 11 is 8.75. The average Bonchev–Trinajstić information content (AvgIpc) is 2.73. The summed E-state index contributed by atoms with van der Waals surface area (Å²) < 4.78 is 0.728. The van der Waals surface area contributed by atoms with Gasteiger partial charge in [0, 0.05) is 17.7 Å². The minimum absolute atomic E-state index is 0.194. The third-order valence-electron chi connectivity index (χ3n) is 2.83. The van der Waals surface area contributed by atoms with Crippen molar-refractivity contribution in [1.82, 2.24) is 4.90 Å². The van der Waals surface area contributed by atoms with E-state index in [-0.39, 0.29) is 11.7 Å². The number of carbonyl (C=O) groups excluding carboxylic acids is 1. The normalized spacial score (nSPS) is 11.4. The maximum Gasteiger partial charge on any atom is 0.329 e. The molecular formula is C12H16ClNO3S2. The number of aliphatic carboxylic acids is 1. The van der Waals surface area contributed by atoms with E-state index in [9.17, 15) is 9.59 Å². The first kappa shape index (κ1) is 16.3. The summed E-state index contributed by atoms with van der Waals surface area (Å²) in [6, 6.07) is 3.75. The summed E-state index contributed by atoms with van der Waals surface area (Å²) in [7, 11) is 1.51. The Labute approximate surface area is 125 Å². The molecule has 0 saturated carbocycles. The van der Waals surface area contributed by atoms with E-state index >= 15 is 0 Å². The molecular weight excluding hydrogens is 306 g/mol. The summed E-state index contributed by atoms with van der Waals surface area (Å²) in [4.78, 5) is 25.3. The molecule has 0 aromatic carbocycles. The fourth-order valence-corrected chi connectivity index (χ4v) is 3.36. The van der Waals surface area contributed by atoms with Crippen LogP contribution in [0.3, 0.4) is 0 Å². The summed E-state index contributed by atoms with van der Waals surface area (Å²) in [6.07, 6.45) is 0. The summed E-state index contributed by atoms with van der Waals surface area (Å²) in [5, 5.41) is 9.05. The topological polar surface area (TPSA) is 57.6 Å². The van der Waals surface area contributed by atoms with Gasteiger partial charge in [0.15, 0.2) is 0 Å². The lowest BCUT2D eigenvalue weighted by molar-refractivity contribution is -0.154. The molecule has 0 aliphatic rings. The lowest BCUT2D eigenvalue weighted by Gasteiger charge is -2.31. The second-order valence-corrected chi connectivity index (χ2v) is 7.30. The molecule has 1 heterocycles. The van der Waals surface area contributed by atoms with Gasteiger partial charge in [0.1, 0.15) is 5.54 Å². The zero-order valence-electron chi connectivity index (χ0n) is 11.0. The van der Waals surface area contributed by atoms with Gasteiger partial charge in [0.25, 0.3) is 0 Å². The zero-order chi connectivity index (χ0) is 14.6. The van der Waals surface area contributed by atoms with Crippen LogP contribution in [0, 0.1) is 0 Å². The predicted molar refractivity (Wildman–Crippen MR) is 80.0 cm³/mol. The molecule has 0 spiro atoms. The Morgan fingerprint density at radius 1 is 1.47 bits per heavy atom. The van der Waals surface area contributed by atoms with Gasteiger partial charge < -0.3 is 10.0 Å². The van der Waals surface area contributed by atoms with Gasteiger partial charge in [-0.25, -0.2) is 4.79 Å². The summed E-state index contributed by atoms with van der Waals surface area (Å²) in [5.41, 5.74) is -1.19. The van der Waals surface area contributed by atoms with Gasteiger partial charge in [0.2, 0.25) is 5.91 Å². The fraction of sp³-hybridized carbons (Fsp3) is 0.500. The lowest BCUT2D eigenvalue weighted by Crippen LogP contribution is -2.51. The highest BCUT2D eigenvalue weighted by Gasteiger charge is 2.34. The number of halogens is 1. The lowest BCUT2D eigenvalue weighted by atomic mass is 10.0. The van der Waals surface area contributed by atoms with Crippen molar-refractivity contribution in [3.63, 3.8) is 0 Å². The summed E-state index contributed by atoms with van der Waals surface area (Å²) in [6.45, 7) is 3.02. The Balaban J connectivity index is 2.45. The van der Waals surface area contributed by atoms with Crippen LogP contribution >= 0.6 is 34.7 Å². The molecule has 1 aromatic rings. The van der Waals surface area contributed by atoms with Gasteiger partial charge in [-0.2, -0.15) is 0 Å². The highest BCUT2D eigenvalue weighted by molar-refractivity contribution is 7.99. The number of amides is 1.